The molecule has 1 heterocycles. The normalized spacial score (nSPS) is 13.3. The lowest BCUT2D eigenvalue weighted by Crippen LogP contribution is -1.93. The number of furan rings is 1. The van der Waals surface area contributed by atoms with Crippen LogP contribution in [0.2, 0.25) is 0 Å². The van der Waals surface area contributed by atoms with Crippen LogP contribution < -0.4 is 0 Å². The van der Waals surface area contributed by atoms with Crippen LogP contribution in [0.15, 0.2) is 28.7 Å². The van der Waals surface area contributed by atoms with E-state index in [1.54, 1.807) is 18.2 Å². The Kier molecular flexibility index (Phi) is 2.73. The molecule has 2 rings (SSSR count). The first-order valence-electron chi connectivity index (χ1n) is 5.08. The number of fused-ring (bicyclic) bond motifs is 1. The third-order valence-electron chi connectivity index (χ3n) is 2.41. The van der Waals surface area contributed by atoms with Gasteiger partial charge < -0.3 is 9.52 Å². The number of aliphatic hydroxyl groups excluding tert-OH is 1. The second-order valence-corrected chi connectivity index (χ2v) is 3.61. The first-order valence-corrected chi connectivity index (χ1v) is 5.08. The molecule has 1 atom stereocenters. The van der Waals surface area contributed by atoms with Crippen LogP contribution in [0.5, 0.6) is 0 Å². The monoisotopic (exact) mass is 208 g/mol. The predicted molar refractivity (Wildman–Crippen MR) is 56.0 cm³/mol. The molecule has 0 radical (unpaired) electrons. The minimum atomic E-state index is -0.637. The number of halogens is 1. The maximum atomic E-state index is 13.3. The van der Waals surface area contributed by atoms with Crippen molar-refractivity contribution in [3.05, 3.63) is 35.8 Å². The molecule has 2 nitrogen and oxygen atoms in total. The lowest BCUT2D eigenvalue weighted by Gasteiger charge is -2.03. The Hall–Kier alpha value is -1.35. The van der Waals surface area contributed by atoms with Crippen LogP contribution >= 0.6 is 0 Å². The molecule has 1 aromatic carbocycles. The molecule has 1 unspecified atom stereocenters. The van der Waals surface area contributed by atoms with Crippen LogP contribution in [0.3, 0.4) is 0 Å². The zero-order chi connectivity index (χ0) is 10.8. The molecular formula is C12H13FO2. The second-order valence-electron chi connectivity index (χ2n) is 3.61. The summed E-state index contributed by atoms with van der Waals surface area (Å²) in [5.41, 5.74) is 0.225. The summed E-state index contributed by atoms with van der Waals surface area (Å²) in [6.07, 6.45) is 0.851. The van der Waals surface area contributed by atoms with E-state index in [4.69, 9.17) is 4.42 Å². The molecule has 0 saturated carbocycles. The molecule has 3 heteroatoms. The van der Waals surface area contributed by atoms with Gasteiger partial charge in [0.05, 0.1) is 0 Å². The molecule has 0 fully saturated rings. The van der Waals surface area contributed by atoms with Gasteiger partial charge in [-0.2, -0.15) is 0 Å². The van der Waals surface area contributed by atoms with Crippen LogP contribution in [0.25, 0.3) is 11.0 Å². The highest BCUT2D eigenvalue weighted by Gasteiger charge is 2.14. The van der Waals surface area contributed by atoms with Crippen LogP contribution in [0.1, 0.15) is 31.6 Å². The second kappa shape index (κ2) is 4.03. The van der Waals surface area contributed by atoms with E-state index >= 15 is 0 Å². The van der Waals surface area contributed by atoms with Gasteiger partial charge in [0.25, 0.3) is 0 Å². The zero-order valence-corrected chi connectivity index (χ0v) is 8.53. The summed E-state index contributed by atoms with van der Waals surface area (Å²) in [5, 5.41) is 10.4. The molecule has 0 spiro atoms. The number of benzene rings is 1. The Morgan fingerprint density at radius 2 is 2.27 bits per heavy atom. The summed E-state index contributed by atoms with van der Waals surface area (Å²) in [6.45, 7) is 1.98. The smallest absolute Gasteiger partial charge is 0.170 e. The van der Waals surface area contributed by atoms with Crippen molar-refractivity contribution >= 4 is 11.0 Å². The van der Waals surface area contributed by atoms with Gasteiger partial charge in [-0.1, -0.05) is 25.5 Å². The van der Waals surface area contributed by atoms with E-state index in [2.05, 4.69) is 0 Å². The van der Waals surface area contributed by atoms with Crippen molar-refractivity contribution in [1.82, 2.24) is 0 Å². The Balaban J connectivity index is 2.43. The lowest BCUT2D eigenvalue weighted by atomic mass is 10.1. The minimum absolute atomic E-state index is 0.225. The molecule has 80 valence electrons. The lowest BCUT2D eigenvalue weighted by molar-refractivity contribution is 0.141. The summed E-state index contributed by atoms with van der Waals surface area (Å²) >= 11 is 0. The van der Waals surface area contributed by atoms with Gasteiger partial charge in [0.15, 0.2) is 11.4 Å². The molecule has 2 aromatic rings. The molecule has 15 heavy (non-hydrogen) atoms. The highest BCUT2D eigenvalue weighted by atomic mass is 19.1. The fourth-order valence-electron chi connectivity index (χ4n) is 1.63. The summed E-state index contributed by atoms with van der Waals surface area (Å²) in [4.78, 5) is 0. The molecule has 0 bridgehead atoms. The van der Waals surface area contributed by atoms with Crippen LogP contribution in [-0.4, -0.2) is 5.11 Å². The average Bonchev–Trinajstić information content (AvgIpc) is 2.63. The van der Waals surface area contributed by atoms with Crippen LogP contribution in [0, 0.1) is 5.82 Å². The van der Waals surface area contributed by atoms with Crippen molar-refractivity contribution in [1.29, 1.82) is 0 Å². The SMILES string of the molecule is CCCC(O)c1cc2cccc(F)c2o1. The van der Waals surface area contributed by atoms with E-state index in [9.17, 15) is 9.50 Å². The maximum Gasteiger partial charge on any atom is 0.170 e. The largest absolute Gasteiger partial charge is 0.455 e. The average molecular weight is 208 g/mol. The van der Waals surface area contributed by atoms with Gasteiger partial charge in [0.1, 0.15) is 11.9 Å². The first-order chi connectivity index (χ1) is 7.22. The third-order valence-corrected chi connectivity index (χ3v) is 2.41. The van der Waals surface area contributed by atoms with Gasteiger partial charge >= 0.3 is 0 Å². The van der Waals surface area contributed by atoms with E-state index in [0.29, 0.717) is 17.6 Å². The van der Waals surface area contributed by atoms with E-state index in [0.717, 1.165) is 6.42 Å². The summed E-state index contributed by atoms with van der Waals surface area (Å²) in [7, 11) is 0. The highest BCUT2D eigenvalue weighted by molar-refractivity contribution is 5.78. The topological polar surface area (TPSA) is 33.4 Å². The predicted octanol–water partition coefficient (Wildman–Crippen LogP) is 3.41. The Morgan fingerprint density at radius 3 is 2.93 bits per heavy atom. The van der Waals surface area contributed by atoms with Crippen molar-refractivity contribution in [2.45, 2.75) is 25.9 Å². The van der Waals surface area contributed by atoms with Gasteiger partial charge in [-0.25, -0.2) is 4.39 Å². The molecule has 0 aliphatic heterocycles. The van der Waals surface area contributed by atoms with E-state index in [1.165, 1.54) is 6.07 Å². The third kappa shape index (κ3) is 1.88. The number of hydrogen-bond acceptors (Lipinski definition) is 2. The number of hydrogen-bond donors (Lipinski definition) is 1. The molecule has 0 aliphatic carbocycles. The minimum Gasteiger partial charge on any atom is -0.455 e. The zero-order valence-electron chi connectivity index (χ0n) is 8.53. The standard InChI is InChI=1S/C12H13FO2/c1-2-4-10(14)11-7-8-5-3-6-9(13)12(8)15-11/h3,5-7,10,14H,2,4H2,1H3. The molecular weight excluding hydrogens is 195 g/mol. The molecule has 1 aromatic heterocycles. The van der Waals surface area contributed by atoms with Gasteiger partial charge in [-0.3, -0.25) is 0 Å². The Labute approximate surface area is 87.3 Å². The summed E-state index contributed by atoms with van der Waals surface area (Å²) in [5.74, 6) is 0.0550. The van der Waals surface area contributed by atoms with Crippen molar-refractivity contribution < 1.29 is 13.9 Å². The van der Waals surface area contributed by atoms with E-state index in [-0.39, 0.29) is 11.4 Å². The van der Waals surface area contributed by atoms with Crippen molar-refractivity contribution in [2.24, 2.45) is 0 Å². The van der Waals surface area contributed by atoms with Gasteiger partial charge in [0, 0.05) is 5.39 Å². The fourth-order valence-corrected chi connectivity index (χ4v) is 1.63. The molecule has 0 saturated heterocycles. The van der Waals surface area contributed by atoms with E-state index in [1.807, 2.05) is 6.92 Å². The number of para-hydroxylation sites is 1. The first kappa shape index (κ1) is 10.2. The van der Waals surface area contributed by atoms with Crippen molar-refractivity contribution in [3.8, 4) is 0 Å². The fraction of sp³-hybridized carbons (Fsp3) is 0.333. The molecule has 0 aliphatic rings. The van der Waals surface area contributed by atoms with Crippen molar-refractivity contribution in [2.75, 3.05) is 0 Å². The van der Waals surface area contributed by atoms with Crippen LogP contribution in [-0.2, 0) is 0 Å². The Bertz CT molecular complexity index is 462. The van der Waals surface area contributed by atoms with E-state index < -0.39 is 6.10 Å². The van der Waals surface area contributed by atoms with Crippen LogP contribution in [0.4, 0.5) is 4.39 Å². The van der Waals surface area contributed by atoms with Crippen molar-refractivity contribution in [3.63, 3.8) is 0 Å². The summed E-state index contributed by atoms with van der Waals surface area (Å²) < 4.78 is 18.6. The highest BCUT2D eigenvalue weighted by Crippen LogP contribution is 2.27. The summed E-state index contributed by atoms with van der Waals surface area (Å²) in [6, 6.07) is 6.44. The Morgan fingerprint density at radius 1 is 1.47 bits per heavy atom. The molecule has 1 N–H and O–H groups in total. The van der Waals surface area contributed by atoms with Gasteiger partial charge in [-0.05, 0) is 18.6 Å². The number of rotatable bonds is 3. The maximum absolute atomic E-state index is 13.3. The number of aliphatic hydroxyl groups is 1. The van der Waals surface area contributed by atoms with Gasteiger partial charge in [0.2, 0.25) is 0 Å². The quantitative estimate of drug-likeness (QED) is 0.838. The van der Waals surface area contributed by atoms with Gasteiger partial charge in [-0.15, -0.1) is 0 Å². The molecule has 0 amide bonds.